The molecule has 0 radical (unpaired) electrons. The number of aromatic nitrogens is 8. The molecule has 0 spiro atoms. The van der Waals surface area contributed by atoms with Crippen LogP contribution >= 0.6 is 45.3 Å². The quantitative estimate of drug-likeness (QED) is 0.0799. The number of fused-ring (bicyclic) bond motifs is 12. The molecule has 0 aliphatic heterocycles. The predicted octanol–water partition coefficient (Wildman–Crippen LogP) is 19.7. The summed E-state index contributed by atoms with van der Waals surface area (Å²) in [7, 11) is 0. The number of hydrogen-bond donors (Lipinski definition) is 4. The molecule has 1 atom stereocenters. The smallest absolute Gasteiger partial charge is 0.228 e. The molecule has 1 unspecified atom stereocenters. The molecule has 5 aliphatic rings. The second-order valence-electron chi connectivity index (χ2n) is 27.3. The highest BCUT2D eigenvalue weighted by Gasteiger charge is 2.29. The zero-order valence-corrected chi connectivity index (χ0v) is 62.3. The first-order valence-corrected chi connectivity index (χ1v) is 39.6. The van der Waals surface area contributed by atoms with Crippen molar-refractivity contribution in [2.75, 3.05) is 21.3 Å². The van der Waals surface area contributed by atoms with Gasteiger partial charge in [0.1, 0.15) is 22.8 Å². The van der Waals surface area contributed by atoms with Crippen molar-refractivity contribution in [2.24, 2.45) is 17.8 Å². The third-order valence-corrected chi connectivity index (χ3v) is 22.9. The van der Waals surface area contributed by atoms with E-state index in [-0.39, 0.29) is 29.5 Å². The maximum Gasteiger partial charge on any atom is 0.228 e. The Kier molecular flexibility index (Phi) is 22.3. The van der Waals surface area contributed by atoms with E-state index in [1.54, 1.807) is 45.3 Å². The fourth-order valence-corrected chi connectivity index (χ4v) is 16.9. The van der Waals surface area contributed by atoms with Crippen molar-refractivity contribution in [3.63, 3.8) is 0 Å². The number of carbonyl (C=O) groups is 4. The van der Waals surface area contributed by atoms with Gasteiger partial charge in [-0.2, -0.15) is 0 Å². The SMILES string of the molecule is CC(=O)Nc1nc2c(nc1-c1cccs1)-c1ccccc1CC2.CC(C)CC(=O)Nc1nc2c(nc1-c1cccs1)-c1ccccc1CC2.CCC(C)C(=O)Nc1nc2c(nc1-c1cccs1)-c1ccccc1CC2.O=C(CC1CCCCC1)Nc1nc2c(nc1-c1cccs1)-c1ccccc1CC2. The van der Waals surface area contributed by atoms with E-state index in [1.165, 1.54) is 54.0 Å². The largest absolute Gasteiger partial charge is 0.309 e. The molecule has 4 amide bonds. The Morgan fingerprint density at radius 3 is 1.03 bits per heavy atom. The molecule has 1 saturated carbocycles. The lowest BCUT2D eigenvalue weighted by molar-refractivity contribution is -0.119. The van der Waals surface area contributed by atoms with Crippen LogP contribution in [0.3, 0.4) is 0 Å². The number of benzene rings is 4. The third kappa shape index (κ3) is 16.3. The zero-order chi connectivity index (χ0) is 71.6. The summed E-state index contributed by atoms with van der Waals surface area (Å²) in [6.07, 6.45) is 15.2. The second-order valence-corrected chi connectivity index (χ2v) is 31.1. The van der Waals surface area contributed by atoms with E-state index < -0.39 is 0 Å². The summed E-state index contributed by atoms with van der Waals surface area (Å²) in [6, 6.07) is 49.6. The molecule has 0 bridgehead atoms. The van der Waals surface area contributed by atoms with E-state index in [1.807, 2.05) is 116 Å². The van der Waals surface area contributed by atoms with Gasteiger partial charge in [-0.25, -0.2) is 39.9 Å². The van der Waals surface area contributed by atoms with Gasteiger partial charge < -0.3 is 21.3 Å². The summed E-state index contributed by atoms with van der Waals surface area (Å²) in [4.78, 5) is 92.3. The molecule has 0 saturated heterocycles. The first kappa shape index (κ1) is 70.9. The number of nitrogens with zero attached hydrogens (tertiary/aromatic N) is 8. The molecule has 526 valence electrons. The topological polar surface area (TPSA) is 220 Å². The van der Waals surface area contributed by atoms with Gasteiger partial charge in [-0.05, 0) is 151 Å². The van der Waals surface area contributed by atoms with Gasteiger partial charge in [-0.1, -0.05) is 168 Å². The van der Waals surface area contributed by atoms with Crippen molar-refractivity contribution in [2.45, 2.75) is 137 Å². The first-order chi connectivity index (χ1) is 50.8. The van der Waals surface area contributed by atoms with Crippen LogP contribution in [0.25, 0.3) is 87.3 Å². The average molecular weight is 1450 g/mol. The molecule has 8 heterocycles. The van der Waals surface area contributed by atoms with Gasteiger partial charge in [0.2, 0.25) is 23.6 Å². The van der Waals surface area contributed by atoms with Gasteiger partial charge >= 0.3 is 0 Å². The molecule has 4 N–H and O–H groups in total. The number of thiophene rings is 4. The summed E-state index contributed by atoms with van der Waals surface area (Å²) in [5.74, 6) is 3.01. The van der Waals surface area contributed by atoms with Gasteiger partial charge in [-0.3, -0.25) is 19.2 Å². The van der Waals surface area contributed by atoms with Crippen LogP contribution < -0.4 is 21.3 Å². The molecule has 104 heavy (non-hydrogen) atoms. The highest BCUT2D eigenvalue weighted by atomic mass is 32.1. The van der Waals surface area contributed by atoms with Gasteiger partial charge in [0.15, 0.2) is 23.3 Å². The maximum atomic E-state index is 12.8. The van der Waals surface area contributed by atoms with Crippen LogP contribution in [-0.4, -0.2) is 63.5 Å². The Labute approximate surface area is 622 Å². The Hall–Kier alpha value is -10.1. The number of carbonyl (C=O) groups excluding carboxylic acids is 4. The summed E-state index contributed by atoms with van der Waals surface area (Å²) in [6.45, 7) is 9.52. The molecule has 5 aliphatic carbocycles. The van der Waals surface area contributed by atoms with Crippen molar-refractivity contribution >= 4 is 92.2 Å². The molecule has 8 aromatic heterocycles. The molecule has 20 heteroatoms. The highest BCUT2D eigenvalue weighted by molar-refractivity contribution is 7.14. The molecule has 4 aromatic carbocycles. The van der Waals surface area contributed by atoms with Crippen molar-refractivity contribution in [1.29, 1.82) is 0 Å². The lowest BCUT2D eigenvalue weighted by atomic mass is 9.87. The van der Waals surface area contributed by atoms with Crippen molar-refractivity contribution in [3.8, 4) is 87.3 Å². The summed E-state index contributed by atoms with van der Waals surface area (Å²) >= 11 is 6.45. The number of rotatable bonds is 14. The van der Waals surface area contributed by atoms with Gasteiger partial charge in [-0.15, -0.1) is 45.3 Å². The van der Waals surface area contributed by atoms with E-state index in [4.69, 9.17) is 39.9 Å². The van der Waals surface area contributed by atoms with E-state index in [0.29, 0.717) is 47.9 Å². The van der Waals surface area contributed by atoms with E-state index in [9.17, 15) is 19.2 Å². The van der Waals surface area contributed by atoms with Crippen LogP contribution in [0, 0.1) is 17.8 Å². The fourth-order valence-electron chi connectivity index (χ4n) is 14.0. The Morgan fingerprint density at radius 2 is 0.712 bits per heavy atom. The average Bonchev–Trinajstić information content (AvgIpc) is 1.09. The monoisotopic (exact) mass is 1450 g/mol. The Bertz CT molecular complexity index is 5070. The van der Waals surface area contributed by atoms with Crippen LogP contribution in [0.5, 0.6) is 0 Å². The zero-order valence-electron chi connectivity index (χ0n) is 59.1. The van der Waals surface area contributed by atoms with Crippen molar-refractivity contribution < 1.29 is 19.2 Å². The molecular weight excluding hydrogens is 1370 g/mol. The molecule has 17 rings (SSSR count). The summed E-state index contributed by atoms with van der Waals surface area (Å²) in [5.41, 5.74) is 20.5. The molecule has 12 aromatic rings. The maximum absolute atomic E-state index is 12.8. The lowest BCUT2D eigenvalue weighted by Gasteiger charge is -2.22. The van der Waals surface area contributed by atoms with E-state index in [2.05, 4.69) is 100 Å². The van der Waals surface area contributed by atoms with Crippen LogP contribution in [0.2, 0.25) is 0 Å². The first-order valence-electron chi connectivity index (χ1n) is 36.1. The van der Waals surface area contributed by atoms with Crippen LogP contribution in [0.4, 0.5) is 23.3 Å². The molecular formula is C84H82N12O4S4. The number of aryl methyl sites for hydroxylation is 8. The minimum absolute atomic E-state index is 0.00392. The predicted molar refractivity (Wildman–Crippen MR) is 423 cm³/mol. The van der Waals surface area contributed by atoms with Gasteiger partial charge in [0, 0.05) is 47.9 Å². The Morgan fingerprint density at radius 1 is 0.385 bits per heavy atom. The number of nitrogens with one attached hydrogen (secondary N) is 4. The Balaban J connectivity index is 0.000000117. The van der Waals surface area contributed by atoms with Crippen molar-refractivity contribution in [3.05, 3.63) is 212 Å². The van der Waals surface area contributed by atoms with Crippen LogP contribution in [0.15, 0.2) is 167 Å². The lowest BCUT2D eigenvalue weighted by Crippen LogP contribution is -2.22. The number of hydrogen-bond acceptors (Lipinski definition) is 16. The highest BCUT2D eigenvalue weighted by Crippen LogP contribution is 2.42. The minimum atomic E-state index is -0.131. The minimum Gasteiger partial charge on any atom is -0.309 e. The van der Waals surface area contributed by atoms with Crippen LogP contribution in [0.1, 0.15) is 131 Å². The summed E-state index contributed by atoms with van der Waals surface area (Å²) < 4.78 is 0. The third-order valence-electron chi connectivity index (χ3n) is 19.4. The van der Waals surface area contributed by atoms with Crippen molar-refractivity contribution in [1.82, 2.24) is 39.9 Å². The van der Waals surface area contributed by atoms with Gasteiger partial charge in [0.05, 0.1) is 65.1 Å². The number of anilines is 4. The summed E-state index contributed by atoms with van der Waals surface area (Å²) in [5, 5.41) is 20.0. The molecule has 16 nitrogen and oxygen atoms in total. The fraction of sp³-hybridized carbons (Fsp3) is 0.286. The van der Waals surface area contributed by atoms with E-state index >= 15 is 0 Å². The second kappa shape index (κ2) is 32.7. The molecule has 1 fully saturated rings. The van der Waals surface area contributed by atoms with E-state index in [0.717, 1.165) is 175 Å². The van der Waals surface area contributed by atoms with Gasteiger partial charge in [0.25, 0.3) is 0 Å². The van der Waals surface area contributed by atoms with Crippen LogP contribution in [-0.2, 0) is 70.5 Å². The number of amides is 4. The standard InChI is InChI=1S/C24H25N3OS.2C21H21N3OS.C18H15N3OS/c28-21(15-16-7-2-1-3-8-16)26-24-23(20-11-6-14-29-20)27-22-18-10-5-4-9-17(18)12-13-19(22)25-24;1-13(2)12-18(25)23-21-20(17-8-5-11-26-17)24-19-15-7-4-3-6-14(15)9-10-16(19)22-21;1-3-13(2)21(25)24-20-19(17-9-6-12-26-17)23-18-15-8-5-4-7-14(15)10-11-16(18)22-20;1-11(22)19-18-17(15-7-4-10-23-15)21-16-13-6-3-2-5-12(13)8-9-14(16)20-18/h4-6,9-11,14,16H,1-3,7-8,12-13,15H2,(H,25,26,28);3-8,11,13H,9-10,12H2,1-2H3,(H,22,23,25);4-9,12-13H,3,10-11H2,1-2H3,(H,22,24,25);2-7,10H,8-9H2,1H3,(H,19,20,22). The normalized spacial score (nSPS) is 13.8.